The molecule has 0 aliphatic carbocycles. The molecule has 1 atom stereocenters. The van der Waals surface area contributed by atoms with Gasteiger partial charge in [0.25, 0.3) is 0 Å². The Balaban J connectivity index is 1.66. The molecule has 3 aromatic rings. The summed E-state index contributed by atoms with van der Waals surface area (Å²) in [6.45, 7) is 4.03. The molecule has 126 valence electrons. The maximum atomic E-state index is 14.2. The lowest BCUT2D eigenvalue weighted by atomic mass is 10.2. The molecule has 0 amide bonds. The lowest BCUT2D eigenvalue weighted by molar-refractivity contribution is 0.615. The van der Waals surface area contributed by atoms with E-state index < -0.39 is 0 Å². The van der Waals surface area contributed by atoms with Crippen LogP contribution in [0.4, 0.5) is 4.39 Å². The first-order chi connectivity index (χ1) is 12.1. The number of hydrogen-bond donors (Lipinski definition) is 1. The van der Waals surface area contributed by atoms with Crippen LogP contribution in [0.1, 0.15) is 27.9 Å². The lowest BCUT2D eigenvalue weighted by Gasteiger charge is -2.13. The van der Waals surface area contributed by atoms with E-state index in [0.717, 1.165) is 27.6 Å². The SMILES string of the molecule is Cc1cc([C@@H]2NN=C(c3ccccc3)S2)c(C)n1-c1ccccc1F. The number of aryl methyl sites for hydroxylation is 1. The highest BCUT2D eigenvalue weighted by Crippen LogP contribution is 2.37. The third kappa shape index (κ3) is 2.85. The zero-order valence-corrected chi connectivity index (χ0v) is 14.8. The molecule has 0 fully saturated rings. The van der Waals surface area contributed by atoms with Gasteiger partial charge in [-0.1, -0.05) is 54.2 Å². The highest BCUT2D eigenvalue weighted by atomic mass is 32.2. The van der Waals surface area contributed by atoms with Crippen LogP contribution in [0.2, 0.25) is 0 Å². The number of thioether (sulfide) groups is 1. The van der Waals surface area contributed by atoms with Gasteiger partial charge in [-0.05, 0) is 32.0 Å². The van der Waals surface area contributed by atoms with E-state index in [0.29, 0.717) is 5.69 Å². The molecular weight excluding hydrogens is 333 g/mol. The Morgan fingerprint density at radius 3 is 2.52 bits per heavy atom. The van der Waals surface area contributed by atoms with Gasteiger partial charge in [0.05, 0.1) is 5.69 Å². The highest BCUT2D eigenvalue weighted by molar-refractivity contribution is 8.14. The van der Waals surface area contributed by atoms with Crippen LogP contribution in [0.25, 0.3) is 5.69 Å². The predicted molar refractivity (Wildman–Crippen MR) is 102 cm³/mol. The smallest absolute Gasteiger partial charge is 0.147 e. The predicted octanol–water partition coefficient (Wildman–Crippen LogP) is 4.93. The molecule has 0 saturated heterocycles. The van der Waals surface area contributed by atoms with Crippen LogP contribution >= 0.6 is 11.8 Å². The van der Waals surface area contributed by atoms with E-state index in [-0.39, 0.29) is 11.2 Å². The molecule has 1 aliphatic rings. The second kappa shape index (κ2) is 6.41. The van der Waals surface area contributed by atoms with E-state index in [2.05, 4.69) is 28.7 Å². The second-order valence-electron chi connectivity index (χ2n) is 6.02. The van der Waals surface area contributed by atoms with Crippen LogP contribution in [0.15, 0.2) is 65.8 Å². The van der Waals surface area contributed by atoms with E-state index in [1.54, 1.807) is 23.9 Å². The summed E-state index contributed by atoms with van der Waals surface area (Å²) in [7, 11) is 0. The number of para-hydroxylation sites is 1. The van der Waals surface area contributed by atoms with Crippen molar-refractivity contribution in [1.82, 2.24) is 9.99 Å². The molecule has 0 saturated carbocycles. The molecular formula is C20H18FN3S. The Morgan fingerprint density at radius 2 is 1.76 bits per heavy atom. The lowest BCUT2D eigenvalue weighted by Crippen LogP contribution is -2.08. The van der Waals surface area contributed by atoms with Gasteiger partial charge >= 0.3 is 0 Å². The molecule has 25 heavy (non-hydrogen) atoms. The summed E-state index contributed by atoms with van der Waals surface area (Å²) >= 11 is 1.68. The van der Waals surface area contributed by atoms with E-state index in [1.807, 2.05) is 42.7 Å². The number of hydrazone groups is 1. The van der Waals surface area contributed by atoms with E-state index in [1.165, 1.54) is 6.07 Å². The number of nitrogens with one attached hydrogen (secondary N) is 1. The Kier molecular flexibility index (Phi) is 4.09. The second-order valence-corrected chi connectivity index (χ2v) is 7.12. The van der Waals surface area contributed by atoms with E-state index >= 15 is 0 Å². The summed E-state index contributed by atoms with van der Waals surface area (Å²) in [5, 5.41) is 5.48. The van der Waals surface area contributed by atoms with Gasteiger partial charge in [-0.25, -0.2) is 4.39 Å². The van der Waals surface area contributed by atoms with E-state index in [4.69, 9.17) is 0 Å². The first kappa shape index (κ1) is 16.0. The number of nitrogens with zero attached hydrogens (tertiary/aromatic N) is 2. The van der Waals surface area contributed by atoms with Crippen molar-refractivity contribution < 1.29 is 4.39 Å². The standard InChI is InChI=1S/C20H18FN3S/c1-13-12-16(14(2)24(13)18-11-7-6-10-17(18)21)20-23-22-19(25-20)15-8-4-3-5-9-15/h3-12,20,23H,1-2H3/t20-/m1/s1. The maximum Gasteiger partial charge on any atom is 0.147 e. The monoisotopic (exact) mass is 351 g/mol. The molecule has 0 spiro atoms. The number of rotatable bonds is 3. The van der Waals surface area contributed by atoms with Gasteiger partial charge in [0.15, 0.2) is 0 Å². The fraction of sp³-hybridized carbons (Fsp3) is 0.150. The van der Waals surface area contributed by atoms with Crippen molar-refractivity contribution in [2.24, 2.45) is 5.10 Å². The van der Waals surface area contributed by atoms with Crippen molar-refractivity contribution in [3.8, 4) is 5.69 Å². The summed E-state index contributed by atoms with van der Waals surface area (Å²) in [6.07, 6.45) is 0. The Labute approximate surface area is 150 Å². The van der Waals surface area contributed by atoms with Crippen molar-refractivity contribution in [2.45, 2.75) is 19.2 Å². The van der Waals surface area contributed by atoms with Gasteiger partial charge < -0.3 is 4.57 Å². The number of benzene rings is 2. The fourth-order valence-electron chi connectivity index (χ4n) is 3.18. The van der Waals surface area contributed by atoms with Crippen molar-refractivity contribution in [3.05, 3.63) is 89.0 Å². The van der Waals surface area contributed by atoms with Gasteiger partial charge in [-0.3, -0.25) is 5.43 Å². The normalized spacial score (nSPS) is 16.6. The van der Waals surface area contributed by atoms with Gasteiger partial charge in [0.2, 0.25) is 0 Å². The molecule has 2 heterocycles. The highest BCUT2D eigenvalue weighted by Gasteiger charge is 2.26. The van der Waals surface area contributed by atoms with Crippen LogP contribution in [0, 0.1) is 19.7 Å². The minimum absolute atomic E-state index is 0.0296. The first-order valence-corrected chi connectivity index (χ1v) is 9.02. The average molecular weight is 351 g/mol. The summed E-state index contributed by atoms with van der Waals surface area (Å²) in [5.74, 6) is -0.218. The minimum Gasteiger partial charge on any atom is -0.315 e. The molecule has 1 aromatic heterocycles. The van der Waals surface area contributed by atoms with Crippen LogP contribution in [-0.2, 0) is 0 Å². The van der Waals surface area contributed by atoms with Crippen LogP contribution in [-0.4, -0.2) is 9.61 Å². The van der Waals surface area contributed by atoms with Gasteiger partial charge in [0, 0.05) is 22.5 Å². The maximum absolute atomic E-state index is 14.2. The zero-order valence-electron chi connectivity index (χ0n) is 14.0. The van der Waals surface area contributed by atoms with Crippen LogP contribution in [0.3, 0.4) is 0 Å². The summed E-state index contributed by atoms with van der Waals surface area (Å²) in [5.41, 5.74) is 8.05. The van der Waals surface area contributed by atoms with E-state index in [9.17, 15) is 4.39 Å². The van der Waals surface area contributed by atoms with Gasteiger partial charge in [-0.15, -0.1) is 0 Å². The summed E-state index contributed by atoms with van der Waals surface area (Å²) < 4.78 is 16.2. The van der Waals surface area contributed by atoms with Crippen molar-refractivity contribution in [1.29, 1.82) is 0 Å². The number of aromatic nitrogens is 1. The molecule has 2 aromatic carbocycles. The van der Waals surface area contributed by atoms with Crippen LogP contribution < -0.4 is 5.43 Å². The third-order valence-corrected chi connectivity index (χ3v) is 5.52. The first-order valence-electron chi connectivity index (χ1n) is 8.14. The van der Waals surface area contributed by atoms with Crippen molar-refractivity contribution in [2.75, 3.05) is 0 Å². The van der Waals surface area contributed by atoms with Gasteiger partial charge in [0.1, 0.15) is 16.2 Å². The third-order valence-electron chi connectivity index (χ3n) is 4.38. The molecule has 5 heteroatoms. The minimum atomic E-state index is -0.218. The number of hydrogen-bond acceptors (Lipinski definition) is 3. The molecule has 3 nitrogen and oxygen atoms in total. The van der Waals surface area contributed by atoms with Gasteiger partial charge in [-0.2, -0.15) is 5.10 Å². The molecule has 1 N–H and O–H groups in total. The van der Waals surface area contributed by atoms with Crippen LogP contribution in [0.5, 0.6) is 0 Å². The summed E-state index contributed by atoms with van der Waals surface area (Å²) in [6, 6.07) is 19.1. The molecule has 1 aliphatic heterocycles. The zero-order chi connectivity index (χ0) is 17.4. The molecule has 0 unspecified atom stereocenters. The van der Waals surface area contributed by atoms with Crippen molar-refractivity contribution in [3.63, 3.8) is 0 Å². The molecule has 4 rings (SSSR count). The molecule has 0 bridgehead atoms. The topological polar surface area (TPSA) is 29.3 Å². The molecule has 0 radical (unpaired) electrons. The summed E-state index contributed by atoms with van der Waals surface area (Å²) in [4.78, 5) is 0. The quantitative estimate of drug-likeness (QED) is 0.725. The number of halogens is 1. The Morgan fingerprint density at radius 1 is 1.04 bits per heavy atom. The Hall–Kier alpha value is -2.53. The Bertz CT molecular complexity index is 947. The average Bonchev–Trinajstić information content (AvgIpc) is 3.22. The largest absolute Gasteiger partial charge is 0.315 e. The fourth-order valence-corrected chi connectivity index (χ4v) is 4.26. The van der Waals surface area contributed by atoms with Crippen molar-refractivity contribution >= 4 is 16.8 Å².